The van der Waals surface area contributed by atoms with Gasteiger partial charge in [0, 0.05) is 17.5 Å². The lowest BCUT2D eigenvalue weighted by molar-refractivity contribution is 0.146. The summed E-state index contributed by atoms with van der Waals surface area (Å²) in [7, 11) is 0. The average molecular weight is 505 g/mol. The van der Waals surface area contributed by atoms with E-state index < -0.39 is 12.2 Å². The Labute approximate surface area is 210 Å². The van der Waals surface area contributed by atoms with Crippen molar-refractivity contribution < 1.29 is 17.9 Å². The van der Waals surface area contributed by atoms with E-state index in [1.165, 1.54) is 18.2 Å². The van der Waals surface area contributed by atoms with E-state index >= 15 is 0 Å². The van der Waals surface area contributed by atoms with Crippen molar-refractivity contribution in [2.75, 3.05) is 18.5 Å². The van der Waals surface area contributed by atoms with E-state index in [0.717, 1.165) is 16.5 Å². The number of anilines is 1. The second-order valence-corrected chi connectivity index (χ2v) is 8.20. The van der Waals surface area contributed by atoms with Crippen LogP contribution in [0, 0.1) is 5.82 Å². The molecule has 0 fully saturated rings. The van der Waals surface area contributed by atoms with Crippen molar-refractivity contribution in [1.29, 1.82) is 0 Å². The Morgan fingerprint density at radius 3 is 2.68 bits per heavy atom. The Balaban J connectivity index is 1.56. The normalized spacial score (nSPS) is 11.3. The Kier molecular flexibility index (Phi) is 7.00. The van der Waals surface area contributed by atoms with Crippen LogP contribution in [0.1, 0.15) is 17.9 Å². The number of H-pyrrole nitrogens is 1. The molecule has 0 aliphatic heterocycles. The molecule has 0 saturated heterocycles. The Morgan fingerprint density at radius 2 is 1.86 bits per heavy atom. The topological polar surface area (TPSA) is 102 Å². The van der Waals surface area contributed by atoms with Crippen LogP contribution in [0.15, 0.2) is 72.9 Å². The number of hydrogen-bond acceptors (Lipinski definition) is 6. The Bertz CT molecular complexity index is 1540. The molecule has 0 aliphatic carbocycles. The van der Waals surface area contributed by atoms with E-state index in [9.17, 15) is 13.2 Å². The van der Waals surface area contributed by atoms with Gasteiger partial charge < -0.3 is 20.8 Å². The molecule has 5 aromatic rings. The van der Waals surface area contributed by atoms with Gasteiger partial charge in [0.15, 0.2) is 0 Å². The number of halogens is 3. The highest BCUT2D eigenvalue weighted by atomic mass is 19.3. The van der Waals surface area contributed by atoms with E-state index in [2.05, 4.69) is 20.3 Å². The van der Waals surface area contributed by atoms with Crippen LogP contribution in [0.3, 0.4) is 0 Å². The fourth-order valence-corrected chi connectivity index (χ4v) is 3.91. The first-order chi connectivity index (χ1) is 18.0. The molecule has 0 bridgehead atoms. The Hall–Kier alpha value is -4.44. The summed E-state index contributed by atoms with van der Waals surface area (Å²) in [5, 5.41) is 3.82. The summed E-state index contributed by atoms with van der Waals surface area (Å²) in [6, 6.07) is 18.2. The number of hydrogen-bond donors (Lipinski definition) is 3. The van der Waals surface area contributed by atoms with Gasteiger partial charge in [0.05, 0.1) is 41.0 Å². The molecule has 4 N–H and O–H groups in total. The molecule has 5 rings (SSSR count). The van der Waals surface area contributed by atoms with Crippen LogP contribution in [0.2, 0.25) is 0 Å². The summed E-state index contributed by atoms with van der Waals surface area (Å²) in [5.74, 6) is 0.671. The van der Waals surface area contributed by atoms with Crippen LogP contribution in [0.5, 0.6) is 5.75 Å². The maximum absolute atomic E-state index is 14.1. The van der Waals surface area contributed by atoms with Crippen LogP contribution >= 0.6 is 0 Å². The molecule has 0 atom stereocenters. The van der Waals surface area contributed by atoms with Crippen molar-refractivity contribution in [3.63, 3.8) is 0 Å². The first-order valence-corrected chi connectivity index (χ1v) is 11.6. The second-order valence-electron chi connectivity index (χ2n) is 8.20. The highest BCUT2D eigenvalue weighted by molar-refractivity contribution is 5.87. The largest absolute Gasteiger partial charge is 0.491 e. The van der Waals surface area contributed by atoms with Gasteiger partial charge >= 0.3 is 0 Å². The van der Waals surface area contributed by atoms with Gasteiger partial charge in [-0.3, -0.25) is 4.98 Å². The standard InChI is InChI=1S/C27H23F3N6O/c28-19-4-1-2-5-21(19)33-15-24-35-25(26(36-24)22-6-3-7-23(34-22)27(29)30)16-8-9-20-17(12-16)13-18(14-32-20)37-11-10-31/h1-9,12-14,27,33H,10-11,15,31H2,(H,35,36). The minimum atomic E-state index is -2.72. The fourth-order valence-electron chi connectivity index (χ4n) is 3.91. The molecule has 188 valence electrons. The van der Waals surface area contributed by atoms with Gasteiger partial charge in [-0.15, -0.1) is 0 Å². The number of aromatic amines is 1. The summed E-state index contributed by atoms with van der Waals surface area (Å²) in [5.41, 5.74) is 8.28. The monoisotopic (exact) mass is 504 g/mol. The second kappa shape index (κ2) is 10.7. The van der Waals surface area contributed by atoms with Crippen LogP contribution < -0.4 is 15.8 Å². The molecule has 0 amide bonds. The first-order valence-electron chi connectivity index (χ1n) is 11.6. The molecule has 0 saturated carbocycles. The number of nitrogens with one attached hydrogen (secondary N) is 2. The molecule has 0 unspecified atom stereocenters. The van der Waals surface area contributed by atoms with Crippen molar-refractivity contribution in [3.05, 3.63) is 90.3 Å². The van der Waals surface area contributed by atoms with E-state index in [0.29, 0.717) is 47.5 Å². The summed E-state index contributed by atoms with van der Waals surface area (Å²) < 4.78 is 46.4. The molecule has 2 aromatic carbocycles. The summed E-state index contributed by atoms with van der Waals surface area (Å²) in [6.07, 6.45) is -1.09. The Morgan fingerprint density at radius 1 is 1.00 bits per heavy atom. The molecule has 0 aliphatic rings. The van der Waals surface area contributed by atoms with Gasteiger partial charge in [0.1, 0.15) is 29.7 Å². The van der Waals surface area contributed by atoms with Gasteiger partial charge in [0.25, 0.3) is 6.43 Å². The molecule has 10 heteroatoms. The maximum atomic E-state index is 14.1. The molecule has 3 heterocycles. The van der Waals surface area contributed by atoms with Crippen molar-refractivity contribution >= 4 is 16.6 Å². The number of alkyl halides is 2. The number of aromatic nitrogens is 4. The third kappa shape index (κ3) is 5.39. The number of para-hydroxylation sites is 1. The van der Waals surface area contributed by atoms with Gasteiger partial charge in [-0.25, -0.2) is 23.1 Å². The third-order valence-corrected chi connectivity index (χ3v) is 5.64. The van der Waals surface area contributed by atoms with Gasteiger partial charge in [-0.2, -0.15) is 0 Å². The average Bonchev–Trinajstić information content (AvgIpc) is 3.35. The third-order valence-electron chi connectivity index (χ3n) is 5.64. The van der Waals surface area contributed by atoms with Crippen molar-refractivity contribution in [2.45, 2.75) is 13.0 Å². The van der Waals surface area contributed by atoms with E-state index in [1.807, 2.05) is 24.3 Å². The van der Waals surface area contributed by atoms with Crippen LogP contribution in [0.25, 0.3) is 33.5 Å². The molecular weight excluding hydrogens is 481 g/mol. The van der Waals surface area contributed by atoms with Crippen molar-refractivity contribution in [3.8, 4) is 28.4 Å². The predicted molar refractivity (Wildman–Crippen MR) is 136 cm³/mol. The smallest absolute Gasteiger partial charge is 0.280 e. The lowest BCUT2D eigenvalue weighted by Gasteiger charge is -2.08. The lowest BCUT2D eigenvalue weighted by atomic mass is 10.1. The van der Waals surface area contributed by atoms with Crippen molar-refractivity contribution in [1.82, 2.24) is 19.9 Å². The molecule has 0 spiro atoms. The lowest BCUT2D eigenvalue weighted by Crippen LogP contribution is -2.10. The molecule has 3 aromatic heterocycles. The molecule has 7 nitrogen and oxygen atoms in total. The number of rotatable bonds is 9. The van der Waals surface area contributed by atoms with E-state index in [4.69, 9.17) is 15.5 Å². The molecule has 0 radical (unpaired) electrons. The number of pyridine rings is 2. The van der Waals surface area contributed by atoms with Gasteiger partial charge in [-0.1, -0.05) is 24.3 Å². The fraction of sp³-hybridized carbons (Fsp3) is 0.148. The van der Waals surface area contributed by atoms with Crippen LogP contribution in [-0.2, 0) is 6.54 Å². The number of imidazole rings is 1. The van der Waals surface area contributed by atoms with Gasteiger partial charge in [-0.05, 0) is 42.5 Å². The van der Waals surface area contributed by atoms with E-state index in [-0.39, 0.29) is 12.2 Å². The zero-order chi connectivity index (χ0) is 25.8. The minimum absolute atomic E-state index is 0.175. The van der Waals surface area contributed by atoms with Crippen LogP contribution in [0.4, 0.5) is 18.9 Å². The SMILES string of the molecule is NCCOc1cnc2ccc(-c3nc(CNc4ccccc4F)[nH]c3-c3cccc(C(F)F)n3)cc2c1. The first kappa shape index (κ1) is 24.3. The number of fused-ring (bicyclic) bond motifs is 1. The molecular formula is C27H23F3N6O. The summed E-state index contributed by atoms with van der Waals surface area (Å²) >= 11 is 0. The number of nitrogens with two attached hydrogens (primary N) is 1. The number of benzene rings is 2. The van der Waals surface area contributed by atoms with Gasteiger partial charge in [0.2, 0.25) is 0 Å². The minimum Gasteiger partial charge on any atom is -0.491 e. The predicted octanol–water partition coefficient (Wildman–Crippen LogP) is 5.71. The summed E-state index contributed by atoms with van der Waals surface area (Å²) in [6.45, 7) is 0.915. The number of nitrogens with zero attached hydrogens (tertiary/aromatic N) is 3. The molecule has 37 heavy (non-hydrogen) atoms. The summed E-state index contributed by atoms with van der Waals surface area (Å²) in [4.78, 5) is 16.5. The zero-order valence-electron chi connectivity index (χ0n) is 19.6. The quantitative estimate of drug-likeness (QED) is 0.238. The van der Waals surface area contributed by atoms with Crippen molar-refractivity contribution in [2.24, 2.45) is 5.73 Å². The van der Waals surface area contributed by atoms with E-state index in [1.54, 1.807) is 30.5 Å². The highest BCUT2D eigenvalue weighted by Crippen LogP contribution is 2.33. The van der Waals surface area contributed by atoms with Crippen LogP contribution in [-0.4, -0.2) is 33.1 Å². The highest BCUT2D eigenvalue weighted by Gasteiger charge is 2.18. The maximum Gasteiger partial charge on any atom is 0.280 e. The zero-order valence-corrected chi connectivity index (χ0v) is 19.6. The number of ether oxygens (including phenoxy) is 1.